The van der Waals surface area contributed by atoms with E-state index in [1.165, 1.54) is 18.2 Å². The van der Waals surface area contributed by atoms with Crippen molar-refractivity contribution < 1.29 is 9.18 Å². The summed E-state index contributed by atoms with van der Waals surface area (Å²) in [6.45, 7) is 4.37. The molecule has 5 heteroatoms. The van der Waals surface area contributed by atoms with Gasteiger partial charge in [-0.15, -0.1) is 0 Å². The van der Waals surface area contributed by atoms with E-state index in [2.05, 4.69) is 20.9 Å². The first-order chi connectivity index (χ1) is 9.99. The molecule has 0 N–H and O–H groups in total. The van der Waals surface area contributed by atoms with Gasteiger partial charge in [0, 0.05) is 30.5 Å². The molecule has 0 aliphatic rings. The third kappa shape index (κ3) is 3.88. The number of amides is 1. The number of hydrogen-bond acceptors (Lipinski definition) is 2. The normalized spacial score (nSPS) is 10.7. The Balaban J connectivity index is 2.25. The molecule has 1 aromatic carbocycles. The van der Waals surface area contributed by atoms with Crippen molar-refractivity contribution in [2.75, 3.05) is 0 Å². The lowest BCUT2D eigenvalue weighted by atomic mass is 10.1. The van der Waals surface area contributed by atoms with Gasteiger partial charge in [0.25, 0.3) is 5.91 Å². The molecule has 0 fully saturated rings. The molecule has 0 aliphatic heterocycles. The van der Waals surface area contributed by atoms with E-state index in [4.69, 9.17) is 0 Å². The van der Waals surface area contributed by atoms with Gasteiger partial charge in [-0.05, 0) is 59.6 Å². The molecule has 0 unspecified atom stereocenters. The number of rotatable bonds is 4. The van der Waals surface area contributed by atoms with Crippen LogP contribution in [0.2, 0.25) is 0 Å². The summed E-state index contributed by atoms with van der Waals surface area (Å²) in [4.78, 5) is 18.4. The lowest BCUT2D eigenvalue weighted by Crippen LogP contribution is -2.36. The Bertz CT molecular complexity index is 631. The van der Waals surface area contributed by atoms with Crippen molar-refractivity contribution in [2.45, 2.75) is 26.4 Å². The van der Waals surface area contributed by atoms with Crippen LogP contribution >= 0.6 is 15.9 Å². The standard InChI is InChI=1S/C16H16BrFN2O/c1-11(2)20(10-12-4-3-7-19-9-12)16(21)13-5-6-15(18)14(17)8-13/h3-9,11H,10H2,1-2H3. The van der Waals surface area contributed by atoms with Gasteiger partial charge in [-0.25, -0.2) is 4.39 Å². The zero-order valence-electron chi connectivity index (χ0n) is 11.9. The molecule has 1 amide bonds. The third-order valence-electron chi connectivity index (χ3n) is 3.13. The number of pyridine rings is 1. The summed E-state index contributed by atoms with van der Waals surface area (Å²) in [5.41, 5.74) is 1.42. The maximum absolute atomic E-state index is 13.3. The van der Waals surface area contributed by atoms with Crippen LogP contribution < -0.4 is 0 Å². The minimum Gasteiger partial charge on any atom is -0.332 e. The van der Waals surface area contributed by atoms with Crippen molar-refractivity contribution in [1.29, 1.82) is 0 Å². The monoisotopic (exact) mass is 350 g/mol. The first-order valence-electron chi connectivity index (χ1n) is 6.64. The number of benzene rings is 1. The van der Waals surface area contributed by atoms with Gasteiger partial charge in [0.15, 0.2) is 0 Å². The zero-order chi connectivity index (χ0) is 15.4. The largest absolute Gasteiger partial charge is 0.332 e. The highest BCUT2D eigenvalue weighted by Crippen LogP contribution is 2.19. The average Bonchev–Trinajstić information content (AvgIpc) is 2.47. The van der Waals surface area contributed by atoms with Crippen LogP contribution in [0, 0.1) is 5.82 Å². The maximum Gasteiger partial charge on any atom is 0.254 e. The predicted octanol–water partition coefficient (Wildman–Crippen LogP) is 4.03. The van der Waals surface area contributed by atoms with Crippen LogP contribution in [0.4, 0.5) is 4.39 Å². The summed E-state index contributed by atoms with van der Waals surface area (Å²) >= 11 is 3.11. The van der Waals surface area contributed by atoms with Crippen molar-refractivity contribution >= 4 is 21.8 Å². The molecule has 0 radical (unpaired) electrons. The Labute approximate surface area is 131 Å². The predicted molar refractivity (Wildman–Crippen MR) is 83.3 cm³/mol. The van der Waals surface area contributed by atoms with E-state index in [0.29, 0.717) is 16.6 Å². The molecule has 2 aromatic rings. The first-order valence-corrected chi connectivity index (χ1v) is 7.43. The van der Waals surface area contributed by atoms with Gasteiger partial charge in [-0.2, -0.15) is 0 Å². The van der Waals surface area contributed by atoms with Crippen LogP contribution in [0.25, 0.3) is 0 Å². The molecule has 110 valence electrons. The Morgan fingerprint density at radius 2 is 2.14 bits per heavy atom. The number of hydrogen-bond donors (Lipinski definition) is 0. The Morgan fingerprint density at radius 1 is 1.38 bits per heavy atom. The second-order valence-corrected chi connectivity index (χ2v) is 5.87. The van der Waals surface area contributed by atoms with Crippen LogP contribution in [-0.2, 0) is 6.54 Å². The van der Waals surface area contributed by atoms with Crippen LogP contribution in [0.1, 0.15) is 29.8 Å². The van der Waals surface area contributed by atoms with E-state index in [9.17, 15) is 9.18 Å². The van der Waals surface area contributed by atoms with Crippen molar-refractivity contribution in [3.63, 3.8) is 0 Å². The van der Waals surface area contributed by atoms with E-state index >= 15 is 0 Å². The molecule has 0 spiro atoms. The van der Waals surface area contributed by atoms with Gasteiger partial charge in [0.1, 0.15) is 5.82 Å². The molecule has 0 saturated carbocycles. The highest BCUT2D eigenvalue weighted by Gasteiger charge is 2.20. The molecule has 0 atom stereocenters. The number of halogens is 2. The summed E-state index contributed by atoms with van der Waals surface area (Å²) in [5.74, 6) is -0.510. The molecule has 0 saturated heterocycles. The molecule has 1 aromatic heterocycles. The first kappa shape index (κ1) is 15.6. The summed E-state index contributed by atoms with van der Waals surface area (Å²) in [6, 6.07) is 8.10. The topological polar surface area (TPSA) is 33.2 Å². The molecule has 21 heavy (non-hydrogen) atoms. The van der Waals surface area contributed by atoms with Crippen molar-refractivity contribution in [3.8, 4) is 0 Å². The quantitative estimate of drug-likeness (QED) is 0.833. The van der Waals surface area contributed by atoms with Crippen LogP contribution in [-0.4, -0.2) is 21.8 Å². The smallest absolute Gasteiger partial charge is 0.254 e. The summed E-state index contributed by atoms with van der Waals surface area (Å²) in [6.07, 6.45) is 3.44. The lowest BCUT2D eigenvalue weighted by Gasteiger charge is -2.27. The number of nitrogens with zero attached hydrogens (tertiary/aromatic N) is 2. The van der Waals surface area contributed by atoms with Crippen molar-refractivity contribution in [2.24, 2.45) is 0 Å². The van der Waals surface area contributed by atoms with Crippen LogP contribution in [0.5, 0.6) is 0 Å². The van der Waals surface area contributed by atoms with Crippen molar-refractivity contribution in [1.82, 2.24) is 9.88 Å². The SMILES string of the molecule is CC(C)N(Cc1cccnc1)C(=O)c1ccc(F)c(Br)c1. The Morgan fingerprint density at radius 3 is 2.71 bits per heavy atom. The number of aromatic nitrogens is 1. The number of carbonyl (C=O) groups is 1. The highest BCUT2D eigenvalue weighted by atomic mass is 79.9. The minimum atomic E-state index is -0.380. The van der Waals surface area contributed by atoms with Gasteiger partial charge >= 0.3 is 0 Å². The summed E-state index contributed by atoms with van der Waals surface area (Å²) < 4.78 is 13.6. The lowest BCUT2D eigenvalue weighted by molar-refractivity contribution is 0.0690. The number of carbonyl (C=O) groups excluding carboxylic acids is 1. The molecule has 0 bridgehead atoms. The van der Waals surface area contributed by atoms with Gasteiger partial charge < -0.3 is 4.90 Å². The second kappa shape index (κ2) is 6.80. The van der Waals surface area contributed by atoms with E-state index in [0.717, 1.165) is 5.56 Å². The molecule has 3 nitrogen and oxygen atoms in total. The molecular weight excluding hydrogens is 335 g/mol. The van der Waals surface area contributed by atoms with Gasteiger partial charge in [-0.1, -0.05) is 6.07 Å². The van der Waals surface area contributed by atoms with Crippen LogP contribution in [0.15, 0.2) is 47.2 Å². The van der Waals surface area contributed by atoms with E-state index in [1.54, 1.807) is 17.3 Å². The Kier molecular flexibility index (Phi) is 5.07. The third-order valence-corrected chi connectivity index (χ3v) is 3.73. The second-order valence-electron chi connectivity index (χ2n) is 5.02. The fraction of sp³-hybridized carbons (Fsp3) is 0.250. The summed E-state index contributed by atoms with van der Waals surface area (Å²) in [5, 5.41) is 0. The fourth-order valence-electron chi connectivity index (χ4n) is 1.97. The fourth-order valence-corrected chi connectivity index (χ4v) is 2.35. The molecule has 0 aliphatic carbocycles. The van der Waals surface area contributed by atoms with Crippen LogP contribution in [0.3, 0.4) is 0 Å². The molecular formula is C16H16BrFN2O. The van der Waals surface area contributed by atoms with E-state index in [1.807, 2.05) is 26.0 Å². The van der Waals surface area contributed by atoms with Gasteiger partial charge in [0.05, 0.1) is 4.47 Å². The molecule has 1 heterocycles. The maximum atomic E-state index is 13.3. The van der Waals surface area contributed by atoms with E-state index < -0.39 is 0 Å². The Hall–Kier alpha value is -1.75. The average molecular weight is 351 g/mol. The minimum absolute atomic E-state index is 0.0292. The van der Waals surface area contributed by atoms with Crippen molar-refractivity contribution in [3.05, 3.63) is 64.1 Å². The van der Waals surface area contributed by atoms with Gasteiger partial charge in [0.2, 0.25) is 0 Å². The summed E-state index contributed by atoms with van der Waals surface area (Å²) in [7, 11) is 0. The van der Waals surface area contributed by atoms with Gasteiger partial charge in [-0.3, -0.25) is 9.78 Å². The zero-order valence-corrected chi connectivity index (χ0v) is 13.5. The molecule has 2 rings (SSSR count). The highest BCUT2D eigenvalue weighted by molar-refractivity contribution is 9.10. The van der Waals surface area contributed by atoms with E-state index in [-0.39, 0.29) is 17.8 Å².